The van der Waals surface area contributed by atoms with Crippen molar-refractivity contribution in [3.63, 3.8) is 0 Å². The topological polar surface area (TPSA) is 23.6 Å². The molecule has 1 rings (SSSR count). The van der Waals surface area contributed by atoms with Crippen LogP contribution in [0.15, 0.2) is 0 Å². The van der Waals surface area contributed by atoms with Crippen LogP contribution in [0.4, 0.5) is 0 Å². The molecule has 0 aromatic rings. The first kappa shape index (κ1) is 12.7. The second kappa shape index (κ2) is 6.23. The van der Waals surface area contributed by atoms with E-state index in [-0.39, 0.29) is 0 Å². The Morgan fingerprint density at radius 3 is 2.40 bits per heavy atom. The summed E-state index contributed by atoms with van der Waals surface area (Å²) in [5.41, 5.74) is 0. The quantitative estimate of drug-likeness (QED) is 0.685. The summed E-state index contributed by atoms with van der Waals surface area (Å²) in [4.78, 5) is 16.4. The number of hydrogen-bond donors (Lipinski definition) is 0. The van der Waals surface area contributed by atoms with Crippen LogP contribution in [0.1, 0.15) is 26.2 Å². The lowest BCUT2D eigenvalue weighted by molar-refractivity contribution is -0.124. The molecule has 0 aromatic heterocycles. The molecule has 0 aliphatic carbocycles. The molecule has 0 amide bonds. The fraction of sp³-hybridized carbons (Fsp3) is 0.917. The predicted molar refractivity (Wildman–Crippen MR) is 63.0 cm³/mol. The highest BCUT2D eigenvalue weighted by Crippen LogP contribution is 2.19. The zero-order chi connectivity index (χ0) is 11.3. The third-order valence-electron chi connectivity index (χ3n) is 3.30. The van der Waals surface area contributed by atoms with Crippen LogP contribution < -0.4 is 0 Å². The molecule has 88 valence electrons. The lowest BCUT2D eigenvalue weighted by atomic mass is 9.91. The smallest absolute Gasteiger partial charge is 0.137 e. The SMILES string of the molecule is CCN1CCC(C(=O)CCN(C)C)CC1. The number of Topliss-reactive ketones (excluding diaryl/α,β-unsaturated/α-hetero) is 1. The number of rotatable bonds is 5. The van der Waals surface area contributed by atoms with Crippen molar-refractivity contribution in [3.8, 4) is 0 Å². The van der Waals surface area contributed by atoms with Crippen molar-refractivity contribution in [3.05, 3.63) is 0 Å². The number of nitrogens with zero attached hydrogens (tertiary/aromatic N) is 2. The van der Waals surface area contributed by atoms with Gasteiger partial charge < -0.3 is 9.80 Å². The minimum atomic E-state index is 0.341. The van der Waals surface area contributed by atoms with Gasteiger partial charge in [0.25, 0.3) is 0 Å². The van der Waals surface area contributed by atoms with Gasteiger partial charge in [-0.25, -0.2) is 0 Å². The highest BCUT2D eigenvalue weighted by Gasteiger charge is 2.23. The number of hydrogen-bond acceptors (Lipinski definition) is 3. The molecule has 0 spiro atoms. The van der Waals surface area contributed by atoms with Crippen LogP contribution in [0.5, 0.6) is 0 Å². The monoisotopic (exact) mass is 212 g/mol. The van der Waals surface area contributed by atoms with E-state index in [2.05, 4.69) is 16.7 Å². The average Bonchev–Trinajstić information content (AvgIpc) is 2.26. The van der Waals surface area contributed by atoms with E-state index in [1.807, 2.05) is 14.1 Å². The van der Waals surface area contributed by atoms with E-state index in [9.17, 15) is 4.79 Å². The Morgan fingerprint density at radius 1 is 1.33 bits per heavy atom. The molecule has 0 unspecified atom stereocenters. The van der Waals surface area contributed by atoms with Crippen molar-refractivity contribution in [2.24, 2.45) is 5.92 Å². The van der Waals surface area contributed by atoms with Crippen LogP contribution >= 0.6 is 0 Å². The van der Waals surface area contributed by atoms with Gasteiger partial charge in [-0.15, -0.1) is 0 Å². The maximum atomic E-state index is 11.9. The summed E-state index contributed by atoms with van der Waals surface area (Å²) in [5, 5.41) is 0. The lowest BCUT2D eigenvalue weighted by Crippen LogP contribution is -2.36. The Kier molecular flexibility index (Phi) is 5.26. The fourth-order valence-corrected chi connectivity index (χ4v) is 2.11. The Morgan fingerprint density at radius 2 is 1.93 bits per heavy atom. The summed E-state index contributed by atoms with van der Waals surface area (Å²) in [6, 6.07) is 0. The van der Waals surface area contributed by atoms with Crippen molar-refractivity contribution >= 4 is 5.78 Å². The van der Waals surface area contributed by atoms with Crippen LogP contribution in [0, 0.1) is 5.92 Å². The molecular formula is C12H24N2O. The summed E-state index contributed by atoms with van der Waals surface area (Å²) in [6.07, 6.45) is 2.87. The van der Waals surface area contributed by atoms with Gasteiger partial charge in [0.05, 0.1) is 0 Å². The van der Waals surface area contributed by atoms with Gasteiger partial charge in [-0.05, 0) is 46.6 Å². The predicted octanol–water partition coefficient (Wildman–Crippen LogP) is 1.24. The van der Waals surface area contributed by atoms with Crippen LogP contribution in [0.25, 0.3) is 0 Å². The van der Waals surface area contributed by atoms with E-state index < -0.39 is 0 Å². The third kappa shape index (κ3) is 4.31. The van der Waals surface area contributed by atoms with E-state index in [1.54, 1.807) is 0 Å². The van der Waals surface area contributed by atoms with Crippen molar-refractivity contribution in [2.75, 3.05) is 40.3 Å². The van der Waals surface area contributed by atoms with Crippen molar-refractivity contribution in [2.45, 2.75) is 26.2 Å². The molecule has 1 aliphatic rings. The van der Waals surface area contributed by atoms with Gasteiger partial charge in [0.1, 0.15) is 5.78 Å². The molecular weight excluding hydrogens is 188 g/mol. The summed E-state index contributed by atoms with van der Waals surface area (Å²) in [6.45, 7) is 6.42. The van der Waals surface area contributed by atoms with Gasteiger partial charge in [-0.2, -0.15) is 0 Å². The van der Waals surface area contributed by atoms with Crippen LogP contribution in [0.2, 0.25) is 0 Å². The summed E-state index contributed by atoms with van der Waals surface area (Å²) >= 11 is 0. The van der Waals surface area contributed by atoms with Crippen molar-refractivity contribution in [1.82, 2.24) is 9.80 Å². The summed E-state index contributed by atoms with van der Waals surface area (Å²) in [7, 11) is 4.04. The Balaban J connectivity index is 2.24. The molecule has 0 aromatic carbocycles. The summed E-state index contributed by atoms with van der Waals surface area (Å²) < 4.78 is 0. The highest BCUT2D eigenvalue weighted by atomic mass is 16.1. The maximum absolute atomic E-state index is 11.9. The van der Waals surface area contributed by atoms with Gasteiger partial charge in [0.15, 0.2) is 0 Å². The van der Waals surface area contributed by atoms with E-state index in [1.165, 1.54) is 0 Å². The second-order valence-corrected chi connectivity index (χ2v) is 4.73. The van der Waals surface area contributed by atoms with Gasteiger partial charge in [0.2, 0.25) is 0 Å². The molecule has 1 saturated heterocycles. The lowest BCUT2D eigenvalue weighted by Gasteiger charge is -2.30. The Labute approximate surface area is 93.4 Å². The van der Waals surface area contributed by atoms with Crippen molar-refractivity contribution in [1.29, 1.82) is 0 Å². The summed E-state index contributed by atoms with van der Waals surface area (Å²) in [5.74, 6) is 0.812. The van der Waals surface area contributed by atoms with E-state index in [0.29, 0.717) is 11.7 Å². The first-order chi connectivity index (χ1) is 7.13. The highest BCUT2D eigenvalue weighted by molar-refractivity contribution is 5.81. The first-order valence-electron chi connectivity index (χ1n) is 6.03. The zero-order valence-corrected chi connectivity index (χ0v) is 10.3. The van der Waals surface area contributed by atoms with Gasteiger partial charge in [-0.1, -0.05) is 6.92 Å². The van der Waals surface area contributed by atoms with Crippen LogP contribution in [-0.4, -0.2) is 55.9 Å². The number of piperidine rings is 1. The molecule has 1 fully saturated rings. The normalized spacial score (nSPS) is 19.7. The molecule has 3 heteroatoms. The molecule has 0 saturated carbocycles. The minimum absolute atomic E-state index is 0.341. The molecule has 0 N–H and O–H groups in total. The van der Waals surface area contributed by atoms with E-state index in [0.717, 1.165) is 45.4 Å². The molecule has 15 heavy (non-hydrogen) atoms. The van der Waals surface area contributed by atoms with Crippen LogP contribution in [-0.2, 0) is 4.79 Å². The molecule has 0 bridgehead atoms. The first-order valence-corrected chi connectivity index (χ1v) is 6.03. The zero-order valence-electron chi connectivity index (χ0n) is 10.3. The number of carbonyl (C=O) groups is 1. The molecule has 1 aliphatic heterocycles. The molecule has 1 heterocycles. The Hall–Kier alpha value is -0.410. The van der Waals surface area contributed by atoms with Crippen LogP contribution in [0.3, 0.4) is 0 Å². The molecule has 0 radical (unpaired) electrons. The van der Waals surface area contributed by atoms with E-state index >= 15 is 0 Å². The largest absolute Gasteiger partial charge is 0.309 e. The molecule has 3 nitrogen and oxygen atoms in total. The second-order valence-electron chi connectivity index (χ2n) is 4.73. The average molecular weight is 212 g/mol. The van der Waals surface area contributed by atoms with Gasteiger partial charge in [0, 0.05) is 18.9 Å². The maximum Gasteiger partial charge on any atom is 0.137 e. The van der Waals surface area contributed by atoms with Gasteiger partial charge in [-0.3, -0.25) is 4.79 Å². The number of carbonyl (C=O) groups excluding carboxylic acids is 1. The Bertz CT molecular complexity index is 196. The molecule has 0 atom stereocenters. The van der Waals surface area contributed by atoms with E-state index in [4.69, 9.17) is 0 Å². The third-order valence-corrected chi connectivity index (χ3v) is 3.30. The fourth-order valence-electron chi connectivity index (χ4n) is 2.11. The van der Waals surface area contributed by atoms with Crippen molar-refractivity contribution < 1.29 is 4.79 Å². The van der Waals surface area contributed by atoms with Gasteiger partial charge >= 0.3 is 0 Å². The standard InChI is InChI=1S/C12H24N2O/c1-4-14-9-5-11(6-10-14)12(15)7-8-13(2)3/h11H,4-10H2,1-3H3. The minimum Gasteiger partial charge on any atom is -0.309 e. The number of likely N-dealkylation sites (tertiary alicyclic amines) is 1. The number of ketones is 1.